The lowest BCUT2D eigenvalue weighted by atomic mass is 9.98. The number of benzene rings is 4. The van der Waals surface area contributed by atoms with Crippen molar-refractivity contribution in [2.75, 3.05) is 19.0 Å². The molecule has 1 aliphatic rings. The summed E-state index contributed by atoms with van der Waals surface area (Å²) in [5, 5.41) is 10.5. The zero-order valence-corrected chi connectivity index (χ0v) is 26.8. The molecular weight excluding hydrogens is 604 g/mol. The van der Waals surface area contributed by atoms with Gasteiger partial charge >= 0.3 is 0 Å². The fraction of sp³-hybridized carbons (Fsp3) is 0.351. The van der Waals surface area contributed by atoms with Gasteiger partial charge in [-0.2, -0.15) is 0 Å². The molecule has 8 nitrogen and oxygen atoms in total. The van der Waals surface area contributed by atoms with E-state index < -0.39 is 40.5 Å². The van der Waals surface area contributed by atoms with Crippen LogP contribution in [0.15, 0.2) is 120 Å². The highest BCUT2D eigenvalue weighted by Crippen LogP contribution is 2.31. The van der Waals surface area contributed by atoms with Gasteiger partial charge in [-0.3, -0.25) is 0 Å². The molecule has 1 fully saturated rings. The number of sulfone groups is 1. The Morgan fingerprint density at radius 3 is 1.61 bits per heavy atom. The monoisotopic (exact) mass is 646 g/mol. The van der Waals surface area contributed by atoms with Crippen LogP contribution in [0.2, 0.25) is 0 Å². The van der Waals surface area contributed by atoms with Crippen molar-refractivity contribution < 1.29 is 37.2 Å². The van der Waals surface area contributed by atoms with Gasteiger partial charge in [-0.25, -0.2) is 8.42 Å². The van der Waals surface area contributed by atoms with Gasteiger partial charge < -0.3 is 28.8 Å². The van der Waals surface area contributed by atoms with Crippen molar-refractivity contribution in [3.8, 4) is 0 Å². The second-order valence-corrected chi connectivity index (χ2v) is 13.5. The van der Waals surface area contributed by atoms with E-state index >= 15 is 0 Å². The largest absolute Gasteiger partial charge is 0.394 e. The van der Waals surface area contributed by atoms with Crippen LogP contribution < -0.4 is 0 Å². The van der Waals surface area contributed by atoms with Gasteiger partial charge in [-0.1, -0.05) is 109 Å². The van der Waals surface area contributed by atoms with Crippen molar-refractivity contribution in [2.24, 2.45) is 0 Å². The normalized spacial score (nSPS) is 21.7. The van der Waals surface area contributed by atoms with Crippen LogP contribution in [0.3, 0.4) is 0 Å². The molecule has 1 saturated heterocycles. The molecule has 1 N–H and O–H groups in total. The average molecular weight is 647 g/mol. The maximum Gasteiger partial charge on any atom is 0.186 e. The number of rotatable bonds is 16. The van der Waals surface area contributed by atoms with Crippen molar-refractivity contribution in [3.05, 3.63) is 138 Å². The van der Waals surface area contributed by atoms with Crippen LogP contribution in [0.1, 0.15) is 28.7 Å². The number of ether oxygens (including phenoxy) is 5. The van der Waals surface area contributed by atoms with Crippen molar-refractivity contribution in [3.63, 3.8) is 0 Å². The van der Waals surface area contributed by atoms with E-state index in [0.717, 1.165) is 22.3 Å². The smallest absolute Gasteiger partial charge is 0.186 e. The maximum atomic E-state index is 12.9. The fourth-order valence-electron chi connectivity index (χ4n) is 5.34. The van der Waals surface area contributed by atoms with Crippen LogP contribution in [0.5, 0.6) is 0 Å². The molecule has 1 aliphatic heterocycles. The summed E-state index contributed by atoms with van der Waals surface area (Å²) >= 11 is 0. The third-order valence-electron chi connectivity index (χ3n) is 7.85. The summed E-state index contributed by atoms with van der Waals surface area (Å²) < 4.78 is 57.8. The minimum atomic E-state index is -3.48. The number of aliphatic hydroxyl groups excluding tert-OH is 1. The van der Waals surface area contributed by atoms with Crippen LogP contribution in [-0.2, 0) is 53.3 Å². The molecule has 5 rings (SSSR count). The second kappa shape index (κ2) is 16.9. The summed E-state index contributed by atoms with van der Waals surface area (Å²) in [6.07, 6.45) is -3.59. The van der Waals surface area contributed by atoms with E-state index in [1.807, 2.05) is 97.9 Å². The zero-order valence-electron chi connectivity index (χ0n) is 26.0. The molecule has 244 valence electrons. The highest BCUT2D eigenvalue weighted by atomic mass is 32.2. The topological polar surface area (TPSA) is 101 Å². The molecule has 1 heterocycles. The van der Waals surface area contributed by atoms with Crippen molar-refractivity contribution >= 4 is 9.84 Å². The van der Waals surface area contributed by atoms with Crippen molar-refractivity contribution in [2.45, 2.75) is 68.8 Å². The van der Waals surface area contributed by atoms with E-state index in [-0.39, 0.29) is 50.1 Å². The molecule has 0 spiro atoms. The molecule has 0 amide bonds. The Balaban J connectivity index is 1.35. The zero-order chi connectivity index (χ0) is 32.2. The Hall–Kier alpha value is -3.41. The lowest BCUT2D eigenvalue weighted by Gasteiger charge is -2.45. The van der Waals surface area contributed by atoms with E-state index in [9.17, 15) is 13.5 Å². The number of hydrogen-bond donors (Lipinski definition) is 1. The number of aryl methyl sites for hydroxylation is 1. The first-order valence-electron chi connectivity index (χ1n) is 15.6. The van der Waals surface area contributed by atoms with E-state index in [2.05, 4.69) is 0 Å². The second-order valence-electron chi connectivity index (χ2n) is 11.4. The summed E-state index contributed by atoms with van der Waals surface area (Å²) in [4.78, 5) is 0.282. The predicted molar refractivity (Wildman–Crippen MR) is 175 cm³/mol. The highest BCUT2D eigenvalue weighted by Gasteiger charge is 2.48. The Morgan fingerprint density at radius 1 is 0.630 bits per heavy atom. The molecule has 0 unspecified atom stereocenters. The molecule has 4 aromatic rings. The maximum absolute atomic E-state index is 12.9. The van der Waals surface area contributed by atoms with Crippen LogP contribution in [0.25, 0.3) is 0 Å². The van der Waals surface area contributed by atoms with Gasteiger partial charge in [0.25, 0.3) is 0 Å². The van der Waals surface area contributed by atoms with Gasteiger partial charge in [-0.05, 0) is 42.2 Å². The molecule has 0 aromatic heterocycles. The summed E-state index contributed by atoms with van der Waals surface area (Å²) in [7, 11) is -3.48. The fourth-order valence-corrected chi connectivity index (χ4v) is 6.62. The predicted octanol–water partition coefficient (Wildman–Crippen LogP) is 5.65. The molecule has 5 atom stereocenters. The lowest BCUT2D eigenvalue weighted by molar-refractivity contribution is -0.326. The van der Waals surface area contributed by atoms with Crippen molar-refractivity contribution in [1.82, 2.24) is 0 Å². The third kappa shape index (κ3) is 9.56. The number of aliphatic hydroxyl groups is 1. The third-order valence-corrected chi connectivity index (χ3v) is 9.66. The standard InChI is InChI=1S/C37H42O8S/c1-28-18-20-32(21-19-28)46(39,40)23-11-22-41-37-36(44-27-31-16-9-4-10-17-31)35(43-26-30-14-7-3-8-15-30)34(33(24-38)45-37)42-25-29-12-5-2-6-13-29/h2-10,12-21,33-38H,11,22-27H2,1H3/t33-,34-,35+,36-,37+/m1/s1. The highest BCUT2D eigenvalue weighted by molar-refractivity contribution is 7.91. The first-order chi connectivity index (χ1) is 22.4. The van der Waals surface area contributed by atoms with Gasteiger partial charge in [0.15, 0.2) is 16.1 Å². The van der Waals surface area contributed by atoms with E-state index in [1.54, 1.807) is 24.3 Å². The quantitative estimate of drug-likeness (QED) is 0.156. The molecule has 46 heavy (non-hydrogen) atoms. The Labute approximate surface area is 271 Å². The van der Waals surface area contributed by atoms with Gasteiger partial charge in [0.2, 0.25) is 0 Å². The molecule has 0 radical (unpaired) electrons. The van der Waals surface area contributed by atoms with Crippen molar-refractivity contribution in [1.29, 1.82) is 0 Å². The van der Waals surface area contributed by atoms with Crippen LogP contribution in [0, 0.1) is 6.92 Å². The average Bonchev–Trinajstić information content (AvgIpc) is 3.09. The minimum Gasteiger partial charge on any atom is -0.394 e. The van der Waals surface area contributed by atoms with E-state index in [1.165, 1.54) is 0 Å². The Kier molecular flexibility index (Phi) is 12.5. The van der Waals surface area contributed by atoms with Gasteiger partial charge in [-0.15, -0.1) is 0 Å². The summed E-state index contributed by atoms with van der Waals surface area (Å²) in [5.74, 6) is -0.0848. The van der Waals surface area contributed by atoms with Crippen LogP contribution in [0.4, 0.5) is 0 Å². The number of hydrogen-bond acceptors (Lipinski definition) is 8. The SMILES string of the molecule is Cc1ccc(S(=O)(=O)CCCO[C@H]2O[C@H](CO)[C@@H](OCc3ccccc3)[C@H](OCc3ccccc3)[C@H]2OCc2ccccc2)cc1. The molecule has 9 heteroatoms. The molecule has 4 aromatic carbocycles. The van der Waals surface area contributed by atoms with Gasteiger partial charge in [0.05, 0.1) is 43.7 Å². The van der Waals surface area contributed by atoms with Gasteiger partial charge in [0, 0.05) is 0 Å². The van der Waals surface area contributed by atoms with Gasteiger partial charge in [0.1, 0.15) is 24.4 Å². The van der Waals surface area contributed by atoms with Crippen LogP contribution >= 0.6 is 0 Å². The molecule has 0 aliphatic carbocycles. The lowest BCUT2D eigenvalue weighted by Crippen LogP contribution is -2.61. The summed E-state index contributed by atoms with van der Waals surface area (Å²) in [5.41, 5.74) is 3.89. The molecule has 0 saturated carbocycles. The summed E-state index contributed by atoms with van der Waals surface area (Å²) in [6, 6.07) is 36.1. The van der Waals surface area contributed by atoms with Crippen LogP contribution in [-0.4, -0.2) is 63.2 Å². The first-order valence-corrected chi connectivity index (χ1v) is 17.2. The van der Waals surface area contributed by atoms with E-state index in [0.29, 0.717) is 0 Å². The molecule has 0 bridgehead atoms. The molecular formula is C37H42O8S. The minimum absolute atomic E-state index is 0.0848. The van der Waals surface area contributed by atoms with E-state index in [4.69, 9.17) is 23.7 Å². The Bertz CT molecular complexity index is 1550. The summed E-state index contributed by atoms with van der Waals surface area (Å²) in [6.45, 7) is 2.50. The Morgan fingerprint density at radius 2 is 1.11 bits per heavy atom. The first kappa shape index (κ1) is 33.9.